The molecule has 116 valence electrons. The Morgan fingerprint density at radius 3 is 2.29 bits per heavy atom. The maximum Gasteiger partial charge on any atom is 0.231 e. The number of rotatable bonds is 3. The Labute approximate surface area is 131 Å². The summed E-state index contributed by atoms with van der Waals surface area (Å²) in [5, 5.41) is 0.266. The third-order valence-electron chi connectivity index (χ3n) is 4.42. The molecule has 0 atom stereocenters. The standard InChI is InChI=1S/C14H23ClN6/c1-19(2)13-16-12(15)17-14(18-13)21-9-7-20(8-10-21)11-5-3-4-6-11/h11H,3-10H2,1-2H3. The molecule has 1 saturated heterocycles. The van der Waals surface area contributed by atoms with Crippen LogP contribution in [0.2, 0.25) is 5.28 Å². The van der Waals surface area contributed by atoms with Crippen molar-refractivity contribution in [1.29, 1.82) is 0 Å². The second-order valence-electron chi connectivity index (χ2n) is 6.06. The van der Waals surface area contributed by atoms with E-state index in [9.17, 15) is 0 Å². The fraction of sp³-hybridized carbons (Fsp3) is 0.786. The van der Waals surface area contributed by atoms with Crippen molar-refractivity contribution in [3.63, 3.8) is 0 Å². The van der Waals surface area contributed by atoms with E-state index in [1.54, 1.807) is 0 Å². The maximum atomic E-state index is 6.02. The molecule has 1 aromatic heterocycles. The first-order valence-electron chi connectivity index (χ1n) is 7.71. The van der Waals surface area contributed by atoms with Gasteiger partial charge in [-0.05, 0) is 24.4 Å². The van der Waals surface area contributed by atoms with Crippen LogP contribution < -0.4 is 9.80 Å². The minimum Gasteiger partial charge on any atom is -0.347 e. The molecule has 0 N–H and O–H groups in total. The lowest BCUT2D eigenvalue weighted by molar-refractivity contribution is 0.187. The summed E-state index contributed by atoms with van der Waals surface area (Å²) in [6.07, 6.45) is 5.50. The number of nitrogens with zero attached hydrogens (tertiary/aromatic N) is 6. The summed E-state index contributed by atoms with van der Waals surface area (Å²) in [5.74, 6) is 1.31. The van der Waals surface area contributed by atoms with Crippen molar-refractivity contribution in [2.24, 2.45) is 0 Å². The van der Waals surface area contributed by atoms with Gasteiger partial charge in [0.05, 0.1) is 0 Å². The van der Waals surface area contributed by atoms with Crippen LogP contribution >= 0.6 is 11.6 Å². The van der Waals surface area contributed by atoms with Crippen LogP contribution in [0.4, 0.5) is 11.9 Å². The van der Waals surface area contributed by atoms with E-state index in [1.165, 1.54) is 25.7 Å². The van der Waals surface area contributed by atoms with Crippen LogP contribution in [-0.2, 0) is 0 Å². The normalized spacial score (nSPS) is 21.0. The molecule has 3 rings (SSSR count). The van der Waals surface area contributed by atoms with Gasteiger partial charge in [0.15, 0.2) is 0 Å². The molecular formula is C14H23ClN6. The molecule has 0 aromatic carbocycles. The first kappa shape index (κ1) is 14.8. The maximum absolute atomic E-state index is 6.02. The van der Waals surface area contributed by atoms with Crippen molar-refractivity contribution in [3.8, 4) is 0 Å². The predicted molar refractivity (Wildman–Crippen MR) is 85.2 cm³/mol. The van der Waals surface area contributed by atoms with Gasteiger partial charge in [-0.1, -0.05) is 12.8 Å². The molecule has 1 aliphatic heterocycles. The highest BCUT2D eigenvalue weighted by molar-refractivity contribution is 6.28. The van der Waals surface area contributed by atoms with Crippen molar-refractivity contribution in [3.05, 3.63) is 5.28 Å². The quantitative estimate of drug-likeness (QED) is 0.846. The smallest absolute Gasteiger partial charge is 0.231 e. The average molecular weight is 311 g/mol. The number of anilines is 2. The third kappa shape index (κ3) is 3.37. The number of piperazine rings is 1. The fourth-order valence-corrected chi connectivity index (χ4v) is 3.38. The molecule has 0 amide bonds. The van der Waals surface area contributed by atoms with Crippen molar-refractivity contribution in [2.75, 3.05) is 50.1 Å². The number of aromatic nitrogens is 3. The molecule has 6 nitrogen and oxygen atoms in total. The largest absolute Gasteiger partial charge is 0.347 e. The number of hydrogen-bond acceptors (Lipinski definition) is 6. The molecule has 0 unspecified atom stereocenters. The van der Waals surface area contributed by atoms with Crippen LogP contribution in [0.15, 0.2) is 0 Å². The van der Waals surface area contributed by atoms with E-state index in [2.05, 4.69) is 24.8 Å². The molecule has 7 heteroatoms. The molecule has 0 spiro atoms. The minimum atomic E-state index is 0.266. The first-order chi connectivity index (χ1) is 10.1. The van der Waals surface area contributed by atoms with Gasteiger partial charge in [-0.2, -0.15) is 15.0 Å². The summed E-state index contributed by atoms with van der Waals surface area (Å²) in [5.41, 5.74) is 0. The monoisotopic (exact) mass is 310 g/mol. The Morgan fingerprint density at radius 1 is 1.00 bits per heavy atom. The van der Waals surface area contributed by atoms with Gasteiger partial charge >= 0.3 is 0 Å². The summed E-state index contributed by atoms with van der Waals surface area (Å²) < 4.78 is 0. The van der Waals surface area contributed by atoms with Gasteiger partial charge < -0.3 is 9.80 Å². The Kier molecular flexibility index (Phi) is 4.45. The molecule has 1 aliphatic carbocycles. The van der Waals surface area contributed by atoms with Crippen LogP contribution in [0.25, 0.3) is 0 Å². The molecule has 21 heavy (non-hydrogen) atoms. The second kappa shape index (κ2) is 6.32. The second-order valence-corrected chi connectivity index (χ2v) is 6.40. The van der Waals surface area contributed by atoms with Gasteiger partial charge in [0, 0.05) is 46.3 Å². The highest BCUT2D eigenvalue weighted by Gasteiger charge is 2.27. The van der Waals surface area contributed by atoms with Crippen molar-refractivity contribution in [2.45, 2.75) is 31.7 Å². The highest BCUT2D eigenvalue weighted by Crippen LogP contribution is 2.25. The van der Waals surface area contributed by atoms with E-state index < -0.39 is 0 Å². The Balaban J connectivity index is 1.66. The number of hydrogen-bond donors (Lipinski definition) is 0. The van der Waals surface area contributed by atoms with Crippen LogP contribution in [0.3, 0.4) is 0 Å². The van der Waals surface area contributed by atoms with E-state index in [-0.39, 0.29) is 5.28 Å². The number of halogens is 1. The molecule has 1 aromatic rings. The average Bonchev–Trinajstić information content (AvgIpc) is 3.01. The van der Waals surface area contributed by atoms with Gasteiger partial charge in [0.1, 0.15) is 0 Å². The predicted octanol–water partition coefficient (Wildman–Crippen LogP) is 1.66. The Hall–Kier alpha value is -1.14. The van der Waals surface area contributed by atoms with Crippen molar-refractivity contribution < 1.29 is 0 Å². The van der Waals surface area contributed by atoms with Crippen LogP contribution in [0, 0.1) is 0 Å². The molecule has 2 aliphatic rings. The fourth-order valence-electron chi connectivity index (χ4n) is 3.23. The SMILES string of the molecule is CN(C)c1nc(Cl)nc(N2CCN(C3CCCC3)CC2)n1. The van der Waals surface area contributed by atoms with Gasteiger partial charge in [0.2, 0.25) is 17.2 Å². The Morgan fingerprint density at radius 2 is 1.67 bits per heavy atom. The summed E-state index contributed by atoms with van der Waals surface area (Å²) in [6, 6.07) is 0.798. The highest BCUT2D eigenvalue weighted by atomic mass is 35.5. The van der Waals surface area contributed by atoms with Crippen LogP contribution in [0.1, 0.15) is 25.7 Å². The third-order valence-corrected chi connectivity index (χ3v) is 4.59. The summed E-state index contributed by atoms with van der Waals surface area (Å²) in [4.78, 5) is 19.6. The topological polar surface area (TPSA) is 48.4 Å². The van der Waals surface area contributed by atoms with E-state index in [1.807, 2.05) is 19.0 Å². The summed E-state index contributed by atoms with van der Waals surface area (Å²) in [6.45, 7) is 4.10. The lowest BCUT2D eigenvalue weighted by atomic mass is 10.2. The van der Waals surface area contributed by atoms with E-state index in [0.717, 1.165) is 32.2 Å². The lowest BCUT2D eigenvalue weighted by Gasteiger charge is -2.38. The zero-order valence-electron chi connectivity index (χ0n) is 12.8. The van der Waals surface area contributed by atoms with Gasteiger partial charge in [0.25, 0.3) is 0 Å². The van der Waals surface area contributed by atoms with Gasteiger partial charge in [-0.3, -0.25) is 4.90 Å². The van der Waals surface area contributed by atoms with E-state index in [4.69, 9.17) is 11.6 Å². The zero-order chi connectivity index (χ0) is 14.8. The van der Waals surface area contributed by atoms with Gasteiger partial charge in [-0.25, -0.2) is 0 Å². The molecular weight excluding hydrogens is 288 g/mol. The molecule has 2 fully saturated rings. The first-order valence-corrected chi connectivity index (χ1v) is 8.09. The molecule has 0 bridgehead atoms. The Bertz CT molecular complexity index is 480. The molecule has 0 radical (unpaired) electrons. The van der Waals surface area contributed by atoms with Crippen molar-refractivity contribution in [1.82, 2.24) is 19.9 Å². The van der Waals surface area contributed by atoms with Crippen molar-refractivity contribution >= 4 is 23.5 Å². The van der Waals surface area contributed by atoms with Crippen LogP contribution in [-0.4, -0.2) is 66.2 Å². The zero-order valence-corrected chi connectivity index (χ0v) is 13.6. The van der Waals surface area contributed by atoms with Gasteiger partial charge in [-0.15, -0.1) is 0 Å². The lowest BCUT2D eigenvalue weighted by Crippen LogP contribution is -2.50. The molecule has 2 heterocycles. The summed E-state index contributed by atoms with van der Waals surface area (Å²) >= 11 is 6.02. The van der Waals surface area contributed by atoms with Crippen LogP contribution in [0.5, 0.6) is 0 Å². The van der Waals surface area contributed by atoms with E-state index >= 15 is 0 Å². The van der Waals surface area contributed by atoms with E-state index in [0.29, 0.717) is 11.9 Å². The minimum absolute atomic E-state index is 0.266. The molecule has 1 saturated carbocycles. The summed E-state index contributed by atoms with van der Waals surface area (Å²) in [7, 11) is 3.82.